The fourth-order valence-corrected chi connectivity index (χ4v) is 9.34. The second-order valence-electron chi connectivity index (χ2n) is 13.5. The van der Waals surface area contributed by atoms with Gasteiger partial charge < -0.3 is 25.0 Å². The van der Waals surface area contributed by atoms with Gasteiger partial charge in [0.15, 0.2) is 23.3 Å². The molecule has 4 fully saturated rings. The van der Waals surface area contributed by atoms with Crippen molar-refractivity contribution in [1.82, 2.24) is 0 Å². The SMILES string of the molecule is CNc1cccc(Cc2ccc([C@@H]3O[C@@H]4C[C@H]5[C@@H]6CCC7=CC(=O)C=C[C@]7(C)[C@@]6(F)[C@@H](O)C[C@]5(C)[C@]4(C(=O)O)O3)cc2)c1. The van der Waals surface area contributed by atoms with E-state index in [1.54, 1.807) is 13.0 Å². The normalized spacial score (nSPS) is 41.1. The molecule has 43 heavy (non-hydrogen) atoms. The van der Waals surface area contributed by atoms with Gasteiger partial charge in [-0.15, -0.1) is 0 Å². The van der Waals surface area contributed by atoms with Crippen LogP contribution < -0.4 is 5.32 Å². The van der Waals surface area contributed by atoms with Crippen LogP contribution >= 0.6 is 0 Å². The Balaban J connectivity index is 1.17. The van der Waals surface area contributed by atoms with E-state index >= 15 is 4.39 Å². The molecule has 8 heteroatoms. The maximum atomic E-state index is 17.5. The Bertz CT molecular complexity index is 1550. The van der Waals surface area contributed by atoms with Crippen molar-refractivity contribution in [1.29, 1.82) is 0 Å². The lowest BCUT2D eigenvalue weighted by Gasteiger charge is -2.62. The Labute approximate surface area is 250 Å². The standard InChI is InChI=1S/C35H38FNO6/c1-32-14-13-25(38)17-23(32)11-12-26-27-18-29-35(31(40)41,33(27,2)19-28(39)34(26,32)36)43-30(42-29)22-9-7-20(8-10-22)15-21-5-4-6-24(16-21)37-3/h4-10,13-14,16-17,26-30,37,39H,11-12,15,18-19H2,1-3H3,(H,40,41)/t26-,27-,28-,29+,30+,32-,33-,34-,35-/m0/s1. The molecule has 9 atom stereocenters. The van der Waals surface area contributed by atoms with Crippen LogP contribution in [0, 0.1) is 22.7 Å². The first kappa shape index (κ1) is 28.4. The van der Waals surface area contributed by atoms with E-state index in [1.807, 2.05) is 50.4 Å². The van der Waals surface area contributed by atoms with Gasteiger partial charge in [-0.05, 0) is 80.4 Å². The molecular weight excluding hydrogens is 549 g/mol. The smallest absolute Gasteiger partial charge is 0.339 e. The van der Waals surface area contributed by atoms with E-state index in [4.69, 9.17) is 9.47 Å². The molecule has 2 aromatic carbocycles. The number of carbonyl (C=O) groups excluding carboxylic acids is 1. The monoisotopic (exact) mass is 587 g/mol. The molecule has 0 radical (unpaired) electrons. The van der Waals surface area contributed by atoms with Crippen LogP contribution in [0.5, 0.6) is 0 Å². The number of carbonyl (C=O) groups is 2. The van der Waals surface area contributed by atoms with Crippen LogP contribution in [0.25, 0.3) is 0 Å². The first-order valence-electron chi connectivity index (χ1n) is 15.2. The van der Waals surface area contributed by atoms with Crippen LogP contribution in [0.1, 0.15) is 62.5 Å². The minimum Gasteiger partial charge on any atom is -0.479 e. The lowest BCUT2D eigenvalue weighted by Crippen LogP contribution is -2.69. The molecule has 5 aliphatic rings. The number of ether oxygens (including phenoxy) is 2. The average molecular weight is 588 g/mol. The molecule has 226 valence electrons. The predicted molar refractivity (Wildman–Crippen MR) is 158 cm³/mol. The summed E-state index contributed by atoms with van der Waals surface area (Å²) in [4.78, 5) is 25.3. The molecule has 0 aromatic heterocycles. The average Bonchev–Trinajstić information content (AvgIpc) is 3.48. The van der Waals surface area contributed by atoms with Crippen molar-refractivity contribution < 1.29 is 33.7 Å². The summed E-state index contributed by atoms with van der Waals surface area (Å²) in [5, 5.41) is 25.5. The number of halogens is 1. The number of fused-ring (bicyclic) bond motifs is 7. The molecular formula is C35H38FNO6. The van der Waals surface area contributed by atoms with E-state index in [2.05, 4.69) is 17.4 Å². The molecule has 0 bridgehead atoms. The summed E-state index contributed by atoms with van der Waals surface area (Å²) in [5.41, 5.74) is -1.26. The van der Waals surface area contributed by atoms with Gasteiger partial charge in [-0.2, -0.15) is 0 Å². The Kier molecular flexibility index (Phi) is 6.34. The van der Waals surface area contributed by atoms with Crippen molar-refractivity contribution in [2.75, 3.05) is 12.4 Å². The topological polar surface area (TPSA) is 105 Å². The van der Waals surface area contributed by atoms with E-state index in [1.165, 1.54) is 17.7 Å². The van der Waals surface area contributed by atoms with Crippen molar-refractivity contribution in [3.63, 3.8) is 0 Å². The van der Waals surface area contributed by atoms with Gasteiger partial charge in [-0.3, -0.25) is 4.79 Å². The van der Waals surface area contributed by atoms with Gasteiger partial charge >= 0.3 is 5.97 Å². The van der Waals surface area contributed by atoms with E-state index in [9.17, 15) is 19.8 Å². The molecule has 1 aliphatic heterocycles. The maximum absolute atomic E-state index is 17.5. The Hall–Kier alpha value is -3.33. The summed E-state index contributed by atoms with van der Waals surface area (Å²) in [6.45, 7) is 3.59. The third-order valence-corrected chi connectivity index (χ3v) is 11.6. The van der Waals surface area contributed by atoms with Crippen molar-refractivity contribution in [2.45, 2.75) is 75.7 Å². The number of nitrogens with one attached hydrogen (secondary N) is 1. The number of rotatable bonds is 5. The summed E-state index contributed by atoms with van der Waals surface area (Å²) < 4.78 is 30.3. The third-order valence-electron chi connectivity index (χ3n) is 11.6. The van der Waals surface area contributed by atoms with Crippen LogP contribution in [0.3, 0.4) is 0 Å². The molecule has 0 unspecified atom stereocenters. The quantitative estimate of drug-likeness (QED) is 0.422. The molecule has 2 aromatic rings. The van der Waals surface area contributed by atoms with E-state index in [0.717, 1.165) is 23.2 Å². The van der Waals surface area contributed by atoms with E-state index in [-0.39, 0.29) is 18.1 Å². The second-order valence-corrected chi connectivity index (χ2v) is 13.5. The highest BCUT2D eigenvalue weighted by atomic mass is 19.1. The predicted octanol–water partition coefficient (Wildman–Crippen LogP) is 5.54. The van der Waals surface area contributed by atoms with Gasteiger partial charge in [0.05, 0.1) is 6.10 Å². The number of carboxylic acids is 1. The van der Waals surface area contributed by atoms with E-state index in [0.29, 0.717) is 24.8 Å². The number of allylic oxidation sites excluding steroid dienone is 4. The summed E-state index contributed by atoms with van der Waals surface area (Å²) >= 11 is 0. The van der Waals surface area contributed by atoms with Crippen LogP contribution in [-0.2, 0) is 25.5 Å². The van der Waals surface area contributed by atoms with Gasteiger partial charge in [-0.25, -0.2) is 9.18 Å². The highest BCUT2D eigenvalue weighted by Gasteiger charge is 2.80. The third kappa shape index (κ3) is 3.76. The molecule has 1 heterocycles. The zero-order chi connectivity index (χ0) is 30.4. The molecule has 0 amide bonds. The molecule has 7 rings (SSSR count). The number of ketones is 1. The number of carboxylic acid groups (broad SMARTS) is 1. The van der Waals surface area contributed by atoms with Crippen LogP contribution in [-0.4, -0.2) is 52.5 Å². The number of hydrogen-bond donors (Lipinski definition) is 3. The molecule has 4 aliphatic carbocycles. The number of aliphatic hydroxyl groups excluding tert-OH is 1. The Morgan fingerprint density at radius 3 is 2.60 bits per heavy atom. The Morgan fingerprint density at radius 2 is 1.88 bits per heavy atom. The second kappa shape index (κ2) is 9.58. The lowest BCUT2D eigenvalue weighted by molar-refractivity contribution is -0.236. The van der Waals surface area contributed by atoms with Crippen molar-refractivity contribution in [3.05, 3.63) is 89.0 Å². The number of hydrogen-bond acceptors (Lipinski definition) is 6. The molecule has 0 spiro atoms. The molecule has 7 nitrogen and oxygen atoms in total. The molecule has 1 saturated heterocycles. The summed E-state index contributed by atoms with van der Waals surface area (Å²) in [6, 6.07) is 16.0. The number of benzene rings is 2. The number of aliphatic carboxylic acids is 1. The van der Waals surface area contributed by atoms with E-state index < -0.39 is 52.5 Å². The van der Waals surface area contributed by atoms with Gasteiger partial charge in [-0.1, -0.05) is 55.0 Å². The number of aliphatic hydroxyl groups is 1. The highest BCUT2D eigenvalue weighted by molar-refractivity contribution is 6.01. The zero-order valence-corrected chi connectivity index (χ0v) is 24.7. The van der Waals surface area contributed by atoms with Crippen molar-refractivity contribution in [3.8, 4) is 0 Å². The fraction of sp³-hybridized carbons (Fsp3) is 0.486. The number of anilines is 1. The largest absolute Gasteiger partial charge is 0.479 e. The van der Waals surface area contributed by atoms with Crippen molar-refractivity contribution >= 4 is 17.4 Å². The molecule has 3 saturated carbocycles. The van der Waals surface area contributed by atoms with Crippen molar-refractivity contribution in [2.24, 2.45) is 22.7 Å². The van der Waals surface area contributed by atoms with Gasteiger partial charge in [0.2, 0.25) is 0 Å². The minimum absolute atomic E-state index is 0.0845. The lowest BCUT2D eigenvalue weighted by atomic mass is 9.45. The van der Waals surface area contributed by atoms with Crippen LogP contribution in [0.2, 0.25) is 0 Å². The number of alkyl halides is 1. The van der Waals surface area contributed by atoms with Gasteiger partial charge in [0, 0.05) is 35.0 Å². The Morgan fingerprint density at radius 1 is 1.12 bits per heavy atom. The van der Waals surface area contributed by atoms with Crippen LogP contribution in [0.15, 0.2) is 72.3 Å². The maximum Gasteiger partial charge on any atom is 0.339 e. The van der Waals surface area contributed by atoms with Crippen LogP contribution in [0.4, 0.5) is 10.1 Å². The van der Waals surface area contributed by atoms with Gasteiger partial charge in [0.1, 0.15) is 6.10 Å². The highest BCUT2D eigenvalue weighted by Crippen LogP contribution is 2.72. The summed E-state index contributed by atoms with van der Waals surface area (Å²) in [7, 11) is 1.89. The first-order chi connectivity index (χ1) is 20.5. The zero-order valence-electron chi connectivity index (χ0n) is 24.7. The first-order valence-corrected chi connectivity index (χ1v) is 15.2. The summed E-state index contributed by atoms with van der Waals surface area (Å²) in [6.07, 6.45) is 3.28. The summed E-state index contributed by atoms with van der Waals surface area (Å²) in [5.74, 6) is -2.32. The minimum atomic E-state index is -2.04. The van der Waals surface area contributed by atoms with Gasteiger partial charge in [0.25, 0.3) is 0 Å². The molecule has 3 N–H and O–H groups in total. The fourth-order valence-electron chi connectivity index (χ4n) is 9.34.